The van der Waals surface area contributed by atoms with Gasteiger partial charge in [-0.05, 0) is 39.7 Å². The summed E-state index contributed by atoms with van der Waals surface area (Å²) in [4.78, 5) is 0. The van der Waals surface area contributed by atoms with E-state index in [2.05, 4.69) is 5.32 Å². The lowest BCUT2D eigenvalue weighted by atomic mass is 9.96. The predicted octanol–water partition coefficient (Wildman–Crippen LogP) is 1.68. The second kappa shape index (κ2) is 4.24. The molecule has 1 fully saturated rings. The number of aliphatic hydroxyl groups is 1. The molecule has 2 nitrogen and oxygen atoms in total. The van der Waals surface area contributed by atoms with E-state index in [4.69, 9.17) is 0 Å². The molecule has 0 radical (unpaired) electrons. The number of hydrogen-bond donors (Lipinski definition) is 2. The average Bonchev–Trinajstić information content (AvgIpc) is 2.12. The lowest BCUT2D eigenvalue weighted by Crippen LogP contribution is -2.35. The van der Waals surface area contributed by atoms with Gasteiger partial charge < -0.3 is 10.4 Å². The Morgan fingerprint density at radius 3 is 2.75 bits per heavy atom. The Bertz CT molecular complexity index is 120. The summed E-state index contributed by atoms with van der Waals surface area (Å²) in [6.07, 6.45) is 6.06. The zero-order valence-electron chi connectivity index (χ0n) is 8.27. The van der Waals surface area contributed by atoms with Crippen molar-refractivity contribution < 1.29 is 5.11 Å². The number of rotatable bonds is 2. The van der Waals surface area contributed by atoms with Crippen LogP contribution < -0.4 is 5.32 Å². The molecule has 1 rings (SSSR count). The summed E-state index contributed by atoms with van der Waals surface area (Å²) >= 11 is 0. The average molecular weight is 171 g/mol. The van der Waals surface area contributed by atoms with Gasteiger partial charge in [0, 0.05) is 6.04 Å². The fourth-order valence-electron chi connectivity index (χ4n) is 1.88. The molecule has 0 aromatic carbocycles. The first-order valence-electron chi connectivity index (χ1n) is 5.04. The van der Waals surface area contributed by atoms with E-state index >= 15 is 0 Å². The van der Waals surface area contributed by atoms with E-state index in [0.717, 1.165) is 13.0 Å². The van der Waals surface area contributed by atoms with Crippen LogP contribution in [-0.2, 0) is 0 Å². The van der Waals surface area contributed by atoms with Crippen LogP contribution >= 0.6 is 0 Å². The number of nitrogens with one attached hydrogen (secondary N) is 1. The fraction of sp³-hybridized carbons (Fsp3) is 1.00. The summed E-state index contributed by atoms with van der Waals surface area (Å²) < 4.78 is 0. The van der Waals surface area contributed by atoms with Crippen molar-refractivity contribution in [2.24, 2.45) is 0 Å². The van der Waals surface area contributed by atoms with E-state index in [-0.39, 0.29) is 0 Å². The van der Waals surface area contributed by atoms with Gasteiger partial charge >= 0.3 is 0 Å². The van der Waals surface area contributed by atoms with Crippen LogP contribution in [0.5, 0.6) is 0 Å². The minimum Gasteiger partial charge on any atom is -0.390 e. The maximum Gasteiger partial charge on any atom is 0.0606 e. The van der Waals surface area contributed by atoms with Gasteiger partial charge in [-0.3, -0.25) is 0 Å². The van der Waals surface area contributed by atoms with E-state index in [1.54, 1.807) is 0 Å². The second-order valence-electron chi connectivity index (χ2n) is 4.52. The third-order valence-corrected chi connectivity index (χ3v) is 2.41. The van der Waals surface area contributed by atoms with Gasteiger partial charge in [0.15, 0.2) is 0 Å². The van der Waals surface area contributed by atoms with Gasteiger partial charge in [0.1, 0.15) is 0 Å². The molecule has 1 aliphatic rings. The lowest BCUT2D eigenvalue weighted by molar-refractivity contribution is 0.0587. The van der Waals surface area contributed by atoms with Crippen LogP contribution in [0.1, 0.15) is 46.0 Å². The van der Waals surface area contributed by atoms with Crippen LogP contribution in [0.15, 0.2) is 0 Å². The summed E-state index contributed by atoms with van der Waals surface area (Å²) in [6, 6.07) is 0.535. The highest BCUT2D eigenvalue weighted by Gasteiger charge is 2.20. The van der Waals surface area contributed by atoms with Crippen molar-refractivity contribution in [3.05, 3.63) is 0 Å². The van der Waals surface area contributed by atoms with E-state index < -0.39 is 5.60 Å². The number of hydrogen-bond acceptors (Lipinski definition) is 2. The van der Waals surface area contributed by atoms with Crippen molar-refractivity contribution in [2.45, 2.75) is 57.6 Å². The molecule has 0 aromatic heterocycles. The molecule has 0 saturated carbocycles. The Labute approximate surface area is 75.4 Å². The summed E-state index contributed by atoms with van der Waals surface area (Å²) in [5.41, 5.74) is -0.512. The first-order chi connectivity index (χ1) is 5.58. The molecule has 1 heterocycles. The molecule has 1 saturated heterocycles. The van der Waals surface area contributed by atoms with Gasteiger partial charge in [0.2, 0.25) is 0 Å². The van der Waals surface area contributed by atoms with Crippen molar-refractivity contribution >= 4 is 0 Å². The zero-order chi connectivity index (χ0) is 9.03. The van der Waals surface area contributed by atoms with Crippen molar-refractivity contribution in [1.29, 1.82) is 0 Å². The third-order valence-electron chi connectivity index (χ3n) is 2.41. The molecule has 0 spiro atoms. The van der Waals surface area contributed by atoms with Crippen molar-refractivity contribution in [3.8, 4) is 0 Å². The smallest absolute Gasteiger partial charge is 0.0606 e. The monoisotopic (exact) mass is 171 g/mol. The van der Waals surface area contributed by atoms with E-state index in [1.807, 2.05) is 13.8 Å². The van der Waals surface area contributed by atoms with Crippen molar-refractivity contribution in [1.82, 2.24) is 5.32 Å². The molecule has 0 aliphatic carbocycles. The summed E-state index contributed by atoms with van der Waals surface area (Å²) in [7, 11) is 0. The van der Waals surface area contributed by atoms with E-state index in [1.165, 1.54) is 25.7 Å². The third kappa shape index (κ3) is 4.07. The Morgan fingerprint density at radius 1 is 1.33 bits per heavy atom. The van der Waals surface area contributed by atoms with Gasteiger partial charge in [0.05, 0.1) is 5.60 Å². The standard InChI is InChI=1S/C10H21NO/c1-10(2,12)8-9-6-4-3-5-7-11-9/h9,11-12H,3-8H2,1-2H3. The summed E-state index contributed by atoms with van der Waals surface area (Å²) in [5, 5.41) is 13.1. The largest absolute Gasteiger partial charge is 0.390 e. The van der Waals surface area contributed by atoms with Gasteiger partial charge in [-0.1, -0.05) is 12.8 Å². The van der Waals surface area contributed by atoms with Crippen molar-refractivity contribution in [3.63, 3.8) is 0 Å². The Hall–Kier alpha value is -0.0800. The molecule has 0 bridgehead atoms. The van der Waals surface area contributed by atoms with Crippen LogP contribution in [0, 0.1) is 0 Å². The summed E-state index contributed by atoms with van der Waals surface area (Å²) in [6.45, 7) is 4.90. The predicted molar refractivity (Wildman–Crippen MR) is 51.2 cm³/mol. The SMILES string of the molecule is CC(C)(O)CC1CCCCCN1. The summed E-state index contributed by atoms with van der Waals surface area (Å²) in [5.74, 6) is 0. The quantitative estimate of drug-likeness (QED) is 0.662. The Kier molecular flexibility index (Phi) is 3.53. The highest BCUT2D eigenvalue weighted by molar-refractivity contribution is 4.78. The minimum atomic E-state index is -0.512. The highest BCUT2D eigenvalue weighted by atomic mass is 16.3. The normalized spacial score (nSPS) is 26.8. The van der Waals surface area contributed by atoms with Crippen LogP contribution in [0.2, 0.25) is 0 Å². The molecule has 0 amide bonds. The maximum absolute atomic E-state index is 9.62. The van der Waals surface area contributed by atoms with Crippen LogP contribution in [0.3, 0.4) is 0 Å². The maximum atomic E-state index is 9.62. The van der Waals surface area contributed by atoms with Gasteiger partial charge in [-0.2, -0.15) is 0 Å². The highest BCUT2D eigenvalue weighted by Crippen LogP contribution is 2.17. The molecule has 2 heteroatoms. The van der Waals surface area contributed by atoms with Crippen LogP contribution in [-0.4, -0.2) is 23.3 Å². The van der Waals surface area contributed by atoms with Gasteiger partial charge in [-0.25, -0.2) is 0 Å². The molecule has 72 valence electrons. The minimum absolute atomic E-state index is 0.512. The molecule has 12 heavy (non-hydrogen) atoms. The van der Waals surface area contributed by atoms with Crippen molar-refractivity contribution in [2.75, 3.05) is 6.54 Å². The first-order valence-corrected chi connectivity index (χ1v) is 5.04. The molecular weight excluding hydrogens is 150 g/mol. The molecule has 1 atom stereocenters. The zero-order valence-corrected chi connectivity index (χ0v) is 8.27. The molecule has 0 aromatic rings. The Morgan fingerprint density at radius 2 is 2.08 bits per heavy atom. The van der Waals surface area contributed by atoms with Gasteiger partial charge in [-0.15, -0.1) is 0 Å². The molecular formula is C10H21NO. The molecule has 1 unspecified atom stereocenters. The fourth-order valence-corrected chi connectivity index (χ4v) is 1.88. The van der Waals surface area contributed by atoms with E-state index in [0.29, 0.717) is 6.04 Å². The van der Waals surface area contributed by atoms with E-state index in [9.17, 15) is 5.11 Å². The topological polar surface area (TPSA) is 32.3 Å². The lowest BCUT2D eigenvalue weighted by Gasteiger charge is -2.24. The van der Waals surface area contributed by atoms with Crippen LogP contribution in [0.4, 0.5) is 0 Å². The second-order valence-corrected chi connectivity index (χ2v) is 4.52. The molecule has 1 aliphatic heterocycles. The van der Waals surface area contributed by atoms with Gasteiger partial charge in [0.25, 0.3) is 0 Å². The Balaban J connectivity index is 2.30. The first kappa shape index (κ1) is 10.0. The van der Waals surface area contributed by atoms with Crippen LogP contribution in [0.25, 0.3) is 0 Å². The molecule has 2 N–H and O–H groups in total.